The summed E-state index contributed by atoms with van der Waals surface area (Å²) in [7, 11) is 0. The zero-order valence-electron chi connectivity index (χ0n) is 29.4. The van der Waals surface area contributed by atoms with Gasteiger partial charge in [0.1, 0.15) is 30.3 Å². The Bertz CT molecular complexity index is 1390. The maximum absolute atomic E-state index is 13.8. The minimum Gasteiger partial charge on any atom is -0.465 e. The molecular weight excluding hydrogens is 624 g/mol. The maximum atomic E-state index is 13.8. The van der Waals surface area contributed by atoms with Crippen molar-refractivity contribution >= 4 is 29.8 Å². The van der Waals surface area contributed by atoms with Gasteiger partial charge in [0.2, 0.25) is 0 Å². The minimum atomic E-state index is -2.01. The summed E-state index contributed by atoms with van der Waals surface area (Å²) in [4.78, 5) is 66.4. The van der Waals surface area contributed by atoms with Crippen molar-refractivity contribution in [2.75, 3.05) is 6.61 Å². The van der Waals surface area contributed by atoms with E-state index >= 15 is 0 Å². The predicted octanol–water partition coefficient (Wildman–Crippen LogP) is 4.33. The van der Waals surface area contributed by atoms with Crippen LogP contribution in [0.1, 0.15) is 98.4 Å². The Morgan fingerprint density at radius 3 is 1.98 bits per heavy atom. The molecule has 2 aliphatic carbocycles. The Morgan fingerprint density at radius 2 is 1.44 bits per heavy atom. The number of ether oxygens (including phenoxy) is 6. The van der Waals surface area contributed by atoms with E-state index in [0.29, 0.717) is 12.8 Å². The highest BCUT2D eigenvalue weighted by Crippen LogP contribution is 2.69. The third kappa shape index (κ3) is 6.33. The molecule has 1 aromatic rings. The molecule has 1 saturated heterocycles. The molecule has 3 aliphatic rings. The van der Waals surface area contributed by atoms with Gasteiger partial charge < -0.3 is 33.5 Å². The van der Waals surface area contributed by atoms with E-state index in [1.54, 1.807) is 58.0 Å². The number of carbonyl (C=O) groups excluding carboxylic acids is 5. The van der Waals surface area contributed by atoms with Crippen LogP contribution in [0.25, 0.3) is 0 Å². The van der Waals surface area contributed by atoms with Crippen molar-refractivity contribution in [3.63, 3.8) is 0 Å². The molecule has 10 atom stereocenters. The van der Waals surface area contributed by atoms with Crippen LogP contribution in [0.5, 0.6) is 0 Å². The largest absolute Gasteiger partial charge is 0.465 e. The van der Waals surface area contributed by atoms with Crippen molar-refractivity contribution in [1.82, 2.24) is 0 Å². The molecule has 2 bridgehead atoms. The predicted molar refractivity (Wildman–Crippen MR) is 170 cm³/mol. The zero-order chi connectivity index (χ0) is 35.8. The van der Waals surface area contributed by atoms with Crippen LogP contribution in [0.4, 0.5) is 0 Å². The smallest absolute Gasteiger partial charge is 0.338 e. The van der Waals surface area contributed by atoms with Crippen molar-refractivity contribution in [1.29, 1.82) is 0 Å². The number of hydrogen-bond acceptors (Lipinski definition) is 12. The van der Waals surface area contributed by atoms with Crippen LogP contribution in [-0.4, -0.2) is 82.8 Å². The molecular formula is C36H50O12. The van der Waals surface area contributed by atoms with Gasteiger partial charge in [-0.3, -0.25) is 19.2 Å². The lowest BCUT2D eigenvalue weighted by Crippen LogP contribution is -2.83. The Balaban J connectivity index is 2.07. The van der Waals surface area contributed by atoms with Crippen molar-refractivity contribution in [3.8, 4) is 0 Å². The monoisotopic (exact) mass is 674 g/mol. The number of benzene rings is 1. The van der Waals surface area contributed by atoms with Crippen molar-refractivity contribution in [3.05, 3.63) is 35.9 Å². The molecule has 12 nitrogen and oxygen atoms in total. The molecule has 0 radical (unpaired) electrons. The van der Waals surface area contributed by atoms with Crippen LogP contribution in [-0.2, 0) is 47.6 Å². The second-order valence-electron chi connectivity index (χ2n) is 14.3. The second kappa shape index (κ2) is 13.8. The number of carbonyl (C=O) groups is 5. The summed E-state index contributed by atoms with van der Waals surface area (Å²) in [6, 6.07) is 8.24. The Labute approximate surface area is 282 Å². The van der Waals surface area contributed by atoms with Gasteiger partial charge in [0.25, 0.3) is 0 Å². The normalized spacial score (nSPS) is 34.5. The van der Waals surface area contributed by atoms with Crippen LogP contribution in [0.3, 0.4) is 0 Å². The first-order valence-electron chi connectivity index (χ1n) is 16.8. The molecule has 1 spiro atoms. The molecule has 0 unspecified atom stereocenters. The fourth-order valence-corrected chi connectivity index (χ4v) is 7.83. The topological polar surface area (TPSA) is 161 Å². The van der Waals surface area contributed by atoms with Gasteiger partial charge in [-0.15, -0.1) is 0 Å². The van der Waals surface area contributed by atoms with E-state index in [1.165, 1.54) is 20.8 Å². The standard InChI is InChI=1S/C36H50O12/c1-10-20(3)30(39)45-26-18-34(9,42)36-28(44-23(6)38)25(33(7,8)48-36)17-27(46-32(41)24-15-13-12-14-16-24)35(36,19-43-22(5)37)29(26)47-31(40)21(4)11-2/h12-16,20-21,25-29,42H,10-11,17-19H2,1-9H3/t20-,21-,25-,26+,27+,28-,29+,34+,35-,36+/m1/s1. The SMILES string of the molecule is CC[C@@H](C)C(=O)O[C@H]1C[C@](C)(O)[C@]23OC(C)(C)[C@H](C[C@H](OC(=O)c4ccccc4)[C@]2(COC(C)=O)[C@H]1OC(=O)[C@H](C)CC)[C@H]3OC(C)=O. The Hall–Kier alpha value is -3.51. The molecule has 0 aromatic heterocycles. The molecule has 2 saturated carbocycles. The molecule has 3 fully saturated rings. The number of fused-ring (bicyclic) bond motifs is 1. The summed E-state index contributed by atoms with van der Waals surface area (Å²) in [6.45, 7) is 13.8. The number of rotatable bonds is 11. The molecule has 0 amide bonds. The van der Waals surface area contributed by atoms with Gasteiger partial charge in [0.05, 0.1) is 28.6 Å². The fraction of sp³-hybridized carbons (Fsp3) is 0.694. The van der Waals surface area contributed by atoms with Crippen LogP contribution < -0.4 is 0 Å². The first kappa shape index (κ1) is 37.3. The lowest BCUT2D eigenvalue weighted by atomic mass is 9.46. The summed E-state index contributed by atoms with van der Waals surface area (Å²) >= 11 is 0. The average Bonchev–Trinajstić information content (AvgIpc) is 3.19. The lowest BCUT2D eigenvalue weighted by molar-refractivity contribution is -0.356. The van der Waals surface area contributed by atoms with E-state index in [2.05, 4.69) is 0 Å². The van der Waals surface area contributed by atoms with Gasteiger partial charge in [-0.1, -0.05) is 45.9 Å². The van der Waals surface area contributed by atoms with Gasteiger partial charge in [-0.2, -0.15) is 0 Å². The van der Waals surface area contributed by atoms with Crippen LogP contribution >= 0.6 is 0 Å². The minimum absolute atomic E-state index is 0.00791. The third-order valence-corrected chi connectivity index (χ3v) is 10.7. The number of aliphatic hydroxyl groups is 1. The molecule has 4 rings (SSSR count). The molecule has 1 aromatic carbocycles. The van der Waals surface area contributed by atoms with Crippen LogP contribution in [0, 0.1) is 23.2 Å². The molecule has 1 N–H and O–H groups in total. The zero-order valence-corrected chi connectivity index (χ0v) is 29.4. The van der Waals surface area contributed by atoms with E-state index < -0.39 is 101 Å². The highest BCUT2D eigenvalue weighted by molar-refractivity contribution is 5.89. The highest BCUT2D eigenvalue weighted by atomic mass is 16.6. The summed E-state index contributed by atoms with van der Waals surface area (Å²) in [5.74, 6) is -5.16. The van der Waals surface area contributed by atoms with E-state index in [0.717, 1.165) is 0 Å². The van der Waals surface area contributed by atoms with E-state index in [9.17, 15) is 29.1 Å². The first-order chi connectivity index (χ1) is 22.4. The number of esters is 5. The van der Waals surface area contributed by atoms with Crippen molar-refractivity contribution < 1.29 is 57.5 Å². The summed E-state index contributed by atoms with van der Waals surface area (Å²) in [5, 5.41) is 12.7. The summed E-state index contributed by atoms with van der Waals surface area (Å²) in [5.41, 5.74) is -6.85. The fourth-order valence-electron chi connectivity index (χ4n) is 7.83. The summed E-state index contributed by atoms with van der Waals surface area (Å²) < 4.78 is 37.4. The maximum Gasteiger partial charge on any atom is 0.338 e. The van der Waals surface area contributed by atoms with E-state index in [1.807, 2.05) is 13.8 Å². The van der Waals surface area contributed by atoms with Crippen LogP contribution in [0.2, 0.25) is 0 Å². The first-order valence-corrected chi connectivity index (χ1v) is 16.8. The third-order valence-electron chi connectivity index (χ3n) is 10.7. The Kier molecular flexibility index (Phi) is 10.7. The van der Waals surface area contributed by atoms with Gasteiger partial charge in [-0.25, -0.2) is 4.79 Å². The van der Waals surface area contributed by atoms with Gasteiger partial charge in [0, 0.05) is 26.2 Å². The summed E-state index contributed by atoms with van der Waals surface area (Å²) in [6.07, 6.45) is -4.71. The average molecular weight is 675 g/mol. The molecule has 12 heteroatoms. The van der Waals surface area contributed by atoms with E-state index in [4.69, 9.17) is 28.4 Å². The van der Waals surface area contributed by atoms with Crippen molar-refractivity contribution in [2.45, 2.75) is 129 Å². The van der Waals surface area contributed by atoms with Gasteiger partial charge >= 0.3 is 29.8 Å². The molecule has 1 aliphatic heterocycles. The quantitative estimate of drug-likeness (QED) is 0.262. The van der Waals surface area contributed by atoms with E-state index in [-0.39, 0.29) is 18.4 Å². The van der Waals surface area contributed by atoms with Gasteiger partial charge in [-0.05, 0) is 52.2 Å². The van der Waals surface area contributed by atoms with Gasteiger partial charge in [0.15, 0.2) is 11.7 Å². The highest BCUT2D eigenvalue weighted by Gasteiger charge is 2.86. The lowest BCUT2D eigenvalue weighted by Gasteiger charge is -2.65. The molecule has 1 heterocycles. The number of hydrogen-bond donors (Lipinski definition) is 1. The Morgan fingerprint density at radius 1 is 0.854 bits per heavy atom. The van der Waals surface area contributed by atoms with Crippen molar-refractivity contribution in [2.24, 2.45) is 23.2 Å². The molecule has 266 valence electrons. The second-order valence-corrected chi connectivity index (χ2v) is 14.3. The van der Waals surface area contributed by atoms with Crippen LogP contribution in [0.15, 0.2) is 30.3 Å². The molecule has 48 heavy (non-hydrogen) atoms.